The van der Waals surface area contributed by atoms with Gasteiger partial charge in [0.2, 0.25) is 0 Å². The molecular weight excluding hydrogens is 299 g/mol. The van der Waals surface area contributed by atoms with Crippen molar-refractivity contribution in [1.82, 2.24) is 9.78 Å². The number of nitrogens with zero attached hydrogens (tertiary/aromatic N) is 2. The number of methoxy groups -OCH3 is 1. The van der Waals surface area contributed by atoms with E-state index in [0.29, 0.717) is 35.3 Å². The fraction of sp³-hybridized carbons (Fsp3) is 0.357. The predicted molar refractivity (Wildman–Crippen MR) is 79.2 cm³/mol. The molecule has 20 heavy (non-hydrogen) atoms. The van der Waals surface area contributed by atoms with Gasteiger partial charge in [0.25, 0.3) is 0 Å². The van der Waals surface area contributed by atoms with Gasteiger partial charge >= 0.3 is 0 Å². The van der Waals surface area contributed by atoms with Crippen molar-refractivity contribution in [3.63, 3.8) is 0 Å². The molecule has 2 aromatic rings. The Bertz CT molecular complexity index is 572. The Morgan fingerprint density at radius 2 is 2.20 bits per heavy atom. The van der Waals surface area contributed by atoms with E-state index in [1.165, 1.54) is 6.20 Å². The fourth-order valence-corrected chi connectivity index (χ4v) is 2.52. The lowest BCUT2D eigenvalue weighted by Gasteiger charge is -2.14. The number of hydrogen-bond acceptors (Lipinski definition) is 3. The number of aliphatic hydroxyl groups excluding tert-OH is 1. The molecule has 0 radical (unpaired) electrons. The predicted octanol–water partition coefficient (Wildman–Crippen LogP) is 3.11. The molecule has 1 unspecified atom stereocenters. The highest BCUT2D eigenvalue weighted by atomic mass is 35.5. The van der Waals surface area contributed by atoms with Crippen molar-refractivity contribution in [2.75, 3.05) is 13.7 Å². The Balaban J connectivity index is 2.16. The van der Waals surface area contributed by atoms with Crippen LogP contribution in [0.25, 0.3) is 0 Å². The molecule has 6 heteroatoms. The van der Waals surface area contributed by atoms with Crippen LogP contribution in [-0.4, -0.2) is 28.6 Å². The maximum Gasteiger partial charge on any atom is 0.101 e. The van der Waals surface area contributed by atoms with E-state index in [9.17, 15) is 5.11 Å². The van der Waals surface area contributed by atoms with Crippen molar-refractivity contribution in [1.29, 1.82) is 0 Å². The van der Waals surface area contributed by atoms with Crippen LogP contribution in [0.5, 0.6) is 0 Å². The lowest BCUT2D eigenvalue weighted by atomic mass is 10.1. The van der Waals surface area contributed by atoms with Crippen molar-refractivity contribution < 1.29 is 9.84 Å². The van der Waals surface area contributed by atoms with Crippen LogP contribution in [-0.2, 0) is 17.7 Å². The van der Waals surface area contributed by atoms with Gasteiger partial charge in [-0.3, -0.25) is 4.68 Å². The summed E-state index contributed by atoms with van der Waals surface area (Å²) in [6, 6.07) is 7.40. The summed E-state index contributed by atoms with van der Waals surface area (Å²) < 4.78 is 6.69. The van der Waals surface area contributed by atoms with Crippen molar-refractivity contribution in [3.8, 4) is 0 Å². The van der Waals surface area contributed by atoms with E-state index in [1.54, 1.807) is 17.9 Å². The summed E-state index contributed by atoms with van der Waals surface area (Å²) in [6.07, 6.45) is 1.23. The summed E-state index contributed by atoms with van der Waals surface area (Å²) >= 11 is 12.0. The topological polar surface area (TPSA) is 47.3 Å². The number of ether oxygens (including phenoxy) is 1. The molecule has 0 amide bonds. The average molecular weight is 315 g/mol. The van der Waals surface area contributed by atoms with Gasteiger partial charge in [0.15, 0.2) is 0 Å². The molecule has 4 nitrogen and oxygen atoms in total. The highest BCUT2D eigenvalue weighted by Gasteiger charge is 2.18. The van der Waals surface area contributed by atoms with Gasteiger partial charge in [0, 0.05) is 18.6 Å². The molecule has 0 aliphatic carbocycles. The Morgan fingerprint density at radius 3 is 2.90 bits per heavy atom. The molecule has 1 aromatic heterocycles. The third kappa shape index (κ3) is 3.73. The largest absolute Gasteiger partial charge is 0.386 e. The minimum Gasteiger partial charge on any atom is -0.386 e. The number of aromatic nitrogens is 2. The van der Waals surface area contributed by atoms with E-state index >= 15 is 0 Å². The fourth-order valence-electron chi connectivity index (χ4n) is 2.04. The van der Waals surface area contributed by atoms with E-state index in [2.05, 4.69) is 5.10 Å². The molecule has 1 aromatic carbocycles. The van der Waals surface area contributed by atoms with E-state index in [0.717, 1.165) is 5.56 Å². The highest BCUT2D eigenvalue weighted by molar-refractivity contribution is 6.31. The van der Waals surface area contributed by atoms with Crippen LogP contribution in [0.3, 0.4) is 0 Å². The second-order valence-corrected chi connectivity index (χ2v) is 5.29. The van der Waals surface area contributed by atoms with Gasteiger partial charge in [0.05, 0.1) is 30.1 Å². The standard InChI is InChI=1S/C14H16Cl2N2O2/c1-20-6-5-18-14(12(16)9-17-18)13(19)8-10-3-2-4-11(15)7-10/h2-4,7,9,13,19H,5-6,8H2,1H3. The Morgan fingerprint density at radius 1 is 1.40 bits per heavy atom. The zero-order valence-corrected chi connectivity index (χ0v) is 12.6. The summed E-state index contributed by atoms with van der Waals surface area (Å²) in [5.41, 5.74) is 1.55. The average Bonchev–Trinajstić information content (AvgIpc) is 2.77. The molecule has 0 saturated carbocycles. The van der Waals surface area contributed by atoms with Crippen molar-refractivity contribution >= 4 is 23.2 Å². The van der Waals surface area contributed by atoms with E-state index in [-0.39, 0.29) is 0 Å². The van der Waals surface area contributed by atoms with Crippen LogP contribution < -0.4 is 0 Å². The quantitative estimate of drug-likeness (QED) is 0.891. The summed E-state index contributed by atoms with van der Waals surface area (Å²) in [5.74, 6) is 0. The smallest absolute Gasteiger partial charge is 0.101 e. The second kappa shape index (κ2) is 7.09. The maximum absolute atomic E-state index is 10.4. The van der Waals surface area contributed by atoms with Crippen LogP contribution in [0.15, 0.2) is 30.5 Å². The number of hydrogen-bond donors (Lipinski definition) is 1. The molecule has 0 aliphatic heterocycles. The molecule has 1 heterocycles. The Kier molecular flexibility index (Phi) is 5.43. The van der Waals surface area contributed by atoms with Crippen molar-refractivity contribution in [3.05, 3.63) is 51.8 Å². The molecular formula is C14H16Cl2N2O2. The van der Waals surface area contributed by atoms with Crippen LogP contribution in [0.1, 0.15) is 17.4 Å². The first-order valence-electron chi connectivity index (χ1n) is 6.24. The van der Waals surface area contributed by atoms with Crippen molar-refractivity contribution in [2.45, 2.75) is 19.1 Å². The van der Waals surface area contributed by atoms with E-state index < -0.39 is 6.10 Å². The van der Waals surface area contributed by atoms with Crippen molar-refractivity contribution in [2.24, 2.45) is 0 Å². The molecule has 0 spiro atoms. The number of benzene rings is 1. The molecule has 2 rings (SSSR count). The maximum atomic E-state index is 10.4. The van der Waals surface area contributed by atoms with Crippen LogP contribution >= 0.6 is 23.2 Å². The van der Waals surface area contributed by atoms with E-state index in [1.807, 2.05) is 18.2 Å². The number of halogens is 2. The Labute approximate surface area is 127 Å². The first-order valence-corrected chi connectivity index (χ1v) is 7.00. The first kappa shape index (κ1) is 15.3. The SMILES string of the molecule is COCCn1ncc(Cl)c1C(O)Cc1cccc(Cl)c1. The monoisotopic (exact) mass is 314 g/mol. The summed E-state index contributed by atoms with van der Waals surface area (Å²) in [4.78, 5) is 0. The summed E-state index contributed by atoms with van der Waals surface area (Å²) in [7, 11) is 1.62. The minimum absolute atomic E-state index is 0.430. The van der Waals surface area contributed by atoms with Gasteiger partial charge < -0.3 is 9.84 Å². The van der Waals surface area contributed by atoms with E-state index in [4.69, 9.17) is 27.9 Å². The second-order valence-electron chi connectivity index (χ2n) is 4.44. The molecule has 0 saturated heterocycles. The number of rotatable bonds is 6. The molecule has 0 bridgehead atoms. The molecule has 1 atom stereocenters. The third-order valence-electron chi connectivity index (χ3n) is 2.97. The number of aliphatic hydroxyl groups is 1. The van der Waals surface area contributed by atoms with Gasteiger partial charge in [0.1, 0.15) is 6.10 Å². The van der Waals surface area contributed by atoms with Gasteiger partial charge in [-0.1, -0.05) is 35.3 Å². The first-order chi connectivity index (χ1) is 9.61. The summed E-state index contributed by atoms with van der Waals surface area (Å²) in [5, 5.41) is 15.6. The summed E-state index contributed by atoms with van der Waals surface area (Å²) in [6.45, 7) is 1.06. The molecule has 108 valence electrons. The van der Waals surface area contributed by atoms with Gasteiger partial charge in [-0.25, -0.2) is 0 Å². The minimum atomic E-state index is -0.736. The van der Waals surface area contributed by atoms with Crippen LogP contribution in [0.4, 0.5) is 0 Å². The van der Waals surface area contributed by atoms with Gasteiger partial charge in [-0.2, -0.15) is 5.10 Å². The zero-order valence-electron chi connectivity index (χ0n) is 11.1. The lowest BCUT2D eigenvalue weighted by Crippen LogP contribution is -2.14. The third-order valence-corrected chi connectivity index (χ3v) is 3.50. The Hall–Kier alpha value is -1.07. The van der Waals surface area contributed by atoms with Gasteiger partial charge in [-0.05, 0) is 17.7 Å². The molecule has 1 N–H and O–H groups in total. The highest BCUT2D eigenvalue weighted by Crippen LogP contribution is 2.26. The zero-order chi connectivity index (χ0) is 14.5. The normalized spacial score (nSPS) is 12.6. The molecule has 0 aliphatic rings. The van der Waals surface area contributed by atoms with Crippen LogP contribution in [0, 0.1) is 0 Å². The molecule has 0 fully saturated rings. The lowest BCUT2D eigenvalue weighted by molar-refractivity contribution is 0.153. The van der Waals surface area contributed by atoms with Crippen LogP contribution in [0.2, 0.25) is 10.0 Å². The van der Waals surface area contributed by atoms with Gasteiger partial charge in [-0.15, -0.1) is 0 Å².